The molecule has 4 rings (SSSR count). The summed E-state index contributed by atoms with van der Waals surface area (Å²) in [6, 6.07) is 15.0. The number of hydrogen-bond acceptors (Lipinski definition) is 6. The van der Waals surface area contributed by atoms with Crippen molar-refractivity contribution < 1.29 is 23.8 Å². The summed E-state index contributed by atoms with van der Waals surface area (Å²) in [6.07, 6.45) is 5.94. The summed E-state index contributed by atoms with van der Waals surface area (Å²) in [5.41, 5.74) is 1.07. The summed E-state index contributed by atoms with van der Waals surface area (Å²) in [7, 11) is 0. The summed E-state index contributed by atoms with van der Waals surface area (Å²) >= 11 is 12.0. The van der Waals surface area contributed by atoms with Crippen molar-refractivity contribution >= 4 is 41.2 Å². The highest BCUT2D eigenvalue weighted by Gasteiger charge is 2.55. The van der Waals surface area contributed by atoms with Crippen LogP contribution in [0.2, 0.25) is 10.0 Å². The van der Waals surface area contributed by atoms with Gasteiger partial charge in [-0.1, -0.05) is 65.7 Å². The zero-order chi connectivity index (χ0) is 22.6. The SMILES string of the molecule is O=C1OC2(CC(CCOc3ccc(Cl)c(Cl)c3)CCN2C/C=C/c2ccccc2)OC1=O. The fourth-order valence-corrected chi connectivity index (χ4v) is 4.27. The molecule has 2 heterocycles. The van der Waals surface area contributed by atoms with Crippen LogP contribution in [0.1, 0.15) is 24.8 Å². The first kappa shape index (κ1) is 22.6. The number of nitrogens with zero attached hydrogens (tertiary/aromatic N) is 1. The van der Waals surface area contributed by atoms with Crippen LogP contribution in [0, 0.1) is 5.92 Å². The molecule has 2 fully saturated rings. The molecule has 32 heavy (non-hydrogen) atoms. The number of hydrogen-bond donors (Lipinski definition) is 0. The zero-order valence-corrected chi connectivity index (χ0v) is 18.8. The molecule has 0 amide bonds. The van der Waals surface area contributed by atoms with Gasteiger partial charge in [0.25, 0.3) is 0 Å². The largest absolute Gasteiger partial charge is 0.494 e. The van der Waals surface area contributed by atoms with Crippen molar-refractivity contribution in [1.82, 2.24) is 4.90 Å². The van der Waals surface area contributed by atoms with Gasteiger partial charge in [-0.25, -0.2) is 14.5 Å². The summed E-state index contributed by atoms with van der Waals surface area (Å²) < 4.78 is 16.7. The fourth-order valence-electron chi connectivity index (χ4n) is 3.98. The lowest BCUT2D eigenvalue weighted by Crippen LogP contribution is -2.55. The van der Waals surface area contributed by atoms with Crippen molar-refractivity contribution in [3.63, 3.8) is 0 Å². The van der Waals surface area contributed by atoms with Gasteiger partial charge in [0, 0.05) is 25.6 Å². The van der Waals surface area contributed by atoms with E-state index in [9.17, 15) is 9.59 Å². The molecular formula is C24H23Cl2NO5. The van der Waals surface area contributed by atoms with E-state index in [1.54, 1.807) is 18.2 Å². The molecule has 0 aliphatic carbocycles. The molecule has 8 heteroatoms. The number of likely N-dealkylation sites (tertiary alicyclic amines) is 1. The quantitative estimate of drug-likeness (QED) is 0.417. The minimum atomic E-state index is -1.36. The number of halogens is 2. The van der Waals surface area contributed by atoms with Crippen molar-refractivity contribution in [2.45, 2.75) is 25.2 Å². The Kier molecular flexibility index (Phi) is 7.04. The molecule has 2 aromatic rings. The second kappa shape index (κ2) is 9.94. The maximum absolute atomic E-state index is 11.9. The third-order valence-corrected chi connectivity index (χ3v) is 6.37. The average Bonchev–Trinajstić information content (AvgIpc) is 3.06. The monoisotopic (exact) mass is 475 g/mol. The minimum absolute atomic E-state index is 0.158. The van der Waals surface area contributed by atoms with E-state index in [1.165, 1.54) is 0 Å². The predicted octanol–water partition coefficient (Wildman–Crippen LogP) is 4.94. The van der Waals surface area contributed by atoms with Gasteiger partial charge in [-0.05, 0) is 36.5 Å². The van der Waals surface area contributed by atoms with E-state index < -0.39 is 17.8 Å². The Bertz CT molecular complexity index is 995. The van der Waals surface area contributed by atoms with Crippen molar-refractivity contribution in [1.29, 1.82) is 0 Å². The van der Waals surface area contributed by atoms with Gasteiger partial charge in [0.15, 0.2) is 0 Å². The van der Waals surface area contributed by atoms with Gasteiger partial charge in [-0.3, -0.25) is 0 Å². The van der Waals surface area contributed by atoms with Gasteiger partial charge in [0.2, 0.25) is 0 Å². The number of ether oxygens (including phenoxy) is 3. The Morgan fingerprint density at radius 3 is 2.53 bits per heavy atom. The van der Waals surface area contributed by atoms with Crippen LogP contribution in [-0.4, -0.2) is 42.4 Å². The third-order valence-electron chi connectivity index (χ3n) is 5.63. The molecule has 6 nitrogen and oxygen atoms in total. The molecule has 2 aromatic carbocycles. The van der Waals surface area contributed by atoms with E-state index in [1.807, 2.05) is 47.4 Å². The van der Waals surface area contributed by atoms with Crippen LogP contribution >= 0.6 is 23.2 Å². The lowest BCUT2D eigenvalue weighted by atomic mass is 9.91. The molecule has 0 saturated carbocycles. The van der Waals surface area contributed by atoms with Gasteiger partial charge in [-0.15, -0.1) is 0 Å². The highest BCUT2D eigenvalue weighted by Crippen LogP contribution is 2.39. The Hall–Kier alpha value is -2.54. The molecule has 0 aromatic heterocycles. The van der Waals surface area contributed by atoms with E-state index >= 15 is 0 Å². The normalized spacial score (nSPS) is 20.5. The van der Waals surface area contributed by atoms with Crippen LogP contribution in [-0.2, 0) is 19.1 Å². The van der Waals surface area contributed by atoms with Crippen LogP contribution in [0.15, 0.2) is 54.6 Å². The van der Waals surface area contributed by atoms with Crippen molar-refractivity contribution in [2.75, 3.05) is 19.7 Å². The fraction of sp³-hybridized carbons (Fsp3) is 0.333. The van der Waals surface area contributed by atoms with E-state index in [0.717, 1.165) is 12.0 Å². The Labute approximate surface area is 196 Å². The molecule has 1 unspecified atom stereocenters. The number of benzene rings is 2. The smallest absolute Gasteiger partial charge is 0.421 e. The van der Waals surface area contributed by atoms with Gasteiger partial charge < -0.3 is 14.2 Å². The summed E-state index contributed by atoms with van der Waals surface area (Å²) in [5, 5.41) is 0.907. The minimum Gasteiger partial charge on any atom is -0.494 e. The first-order valence-electron chi connectivity index (χ1n) is 10.5. The molecule has 2 saturated heterocycles. The van der Waals surface area contributed by atoms with Crippen molar-refractivity contribution in [3.05, 3.63) is 70.2 Å². The maximum Gasteiger partial charge on any atom is 0.421 e. The van der Waals surface area contributed by atoms with Gasteiger partial charge in [-0.2, -0.15) is 0 Å². The van der Waals surface area contributed by atoms with E-state index in [-0.39, 0.29) is 5.92 Å². The molecule has 1 atom stereocenters. The highest BCUT2D eigenvalue weighted by molar-refractivity contribution is 6.42. The zero-order valence-electron chi connectivity index (χ0n) is 17.3. The topological polar surface area (TPSA) is 65.1 Å². The first-order chi connectivity index (χ1) is 15.4. The lowest BCUT2D eigenvalue weighted by molar-refractivity contribution is -0.269. The summed E-state index contributed by atoms with van der Waals surface area (Å²) in [6.45, 7) is 1.56. The molecule has 168 valence electrons. The Morgan fingerprint density at radius 2 is 1.81 bits per heavy atom. The second-order valence-electron chi connectivity index (χ2n) is 7.82. The van der Waals surface area contributed by atoms with Crippen molar-refractivity contribution in [2.24, 2.45) is 5.92 Å². The highest BCUT2D eigenvalue weighted by atomic mass is 35.5. The van der Waals surface area contributed by atoms with E-state index in [2.05, 4.69) is 0 Å². The molecular weight excluding hydrogens is 453 g/mol. The molecule has 0 N–H and O–H groups in total. The number of carbonyl (C=O) groups is 2. The standard InChI is InChI=1S/C24H23Cl2NO5/c25-20-9-8-19(15-21(20)26)30-14-11-18-10-13-27(12-4-7-17-5-2-1-3-6-17)24(16-18)31-22(28)23(29)32-24/h1-9,15,18H,10-14,16H2/b7-4+. The van der Waals surface area contributed by atoms with Crippen LogP contribution in [0.5, 0.6) is 5.75 Å². The third kappa shape index (κ3) is 5.26. The van der Waals surface area contributed by atoms with E-state index in [4.69, 9.17) is 37.4 Å². The first-order valence-corrected chi connectivity index (χ1v) is 11.2. The van der Waals surface area contributed by atoms with Gasteiger partial charge >= 0.3 is 17.8 Å². The van der Waals surface area contributed by atoms with Gasteiger partial charge in [0.1, 0.15) is 5.75 Å². The number of esters is 2. The van der Waals surface area contributed by atoms with Gasteiger partial charge in [0.05, 0.1) is 16.7 Å². The second-order valence-corrected chi connectivity index (χ2v) is 8.64. The predicted molar refractivity (Wildman–Crippen MR) is 121 cm³/mol. The molecule has 0 radical (unpaired) electrons. The Morgan fingerprint density at radius 1 is 1.06 bits per heavy atom. The molecule has 2 aliphatic heterocycles. The molecule has 0 bridgehead atoms. The van der Waals surface area contributed by atoms with Crippen LogP contribution in [0.4, 0.5) is 0 Å². The lowest BCUT2D eigenvalue weighted by Gasteiger charge is -2.43. The number of rotatable bonds is 7. The number of carbonyl (C=O) groups excluding carboxylic acids is 2. The maximum atomic E-state index is 11.9. The van der Waals surface area contributed by atoms with Crippen LogP contribution < -0.4 is 4.74 Å². The Balaban J connectivity index is 1.37. The molecule has 1 spiro atoms. The number of piperidine rings is 1. The van der Waals surface area contributed by atoms with Crippen LogP contribution in [0.25, 0.3) is 6.08 Å². The summed E-state index contributed by atoms with van der Waals surface area (Å²) in [4.78, 5) is 25.6. The van der Waals surface area contributed by atoms with Crippen molar-refractivity contribution in [3.8, 4) is 5.75 Å². The van der Waals surface area contributed by atoms with Crippen LogP contribution in [0.3, 0.4) is 0 Å². The summed E-state index contributed by atoms with van der Waals surface area (Å²) in [5.74, 6) is -2.46. The van der Waals surface area contributed by atoms with E-state index in [0.29, 0.717) is 48.3 Å². The average molecular weight is 476 g/mol. The molecule has 2 aliphatic rings.